The van der Waals surface area contributed by atoms with Crippen molar-refractivity contribution in [3.05, 3.63) is 0 Å². The number of carboxylic acid groups (broad SMARTS) is 2. The van der Waals surface area contributed by atoms with E-state index in [-0.39, 0.29) is 12.9 Å². The Kier molecular flexibility index (Phi) is 24.1. The van der Waals surface area contributed by atoms with Gasteiger partial charge in [0.25, 0.3) is 6.47 Å². The molecule has 1 heterocycles. The summed E-state index contributed by atoms with van der Waals surface area (Å²) in [4.78, 5) is 20.6. The Hall–Kier alpha value is -1.14. The summed E-state index contributed by atoms with van der Waals surface area (Å²) in [7, 11) is 1.48. The van der Waals surface area contributed by atoms with Crippen LogP contribution in [0.5, 0.6) is 0 Å². The van der Waals surface area contributed by atoms with Gasteiger partial charge < -0.3 is 19.8 Å². The Morgan fingerprint density at radius 3 is 1.85 bits per heavy atom. The number of hydrogen-bond donors (Lipinski definition) is 2. The molecule has 1 saturated heterocycles. The van der Waals surface area contributed by atoms with E-state index >= 15 is 0 Å². The van der Waals surface area contributed by atoms with Crippen LogP contribution in [0.2, 0.25) is 0 Å². The maximum Gasteiger partial charge on any atom is 0.305 e. The lowest BCUT2D eigenvalue weighted by atomic mass is 10.3. The Bertz CT molecular complexity index is 204. The summed E-state index contributed by atoms with van der Waals surface area (Å²) in [6, 6.07) is 0.775. The van der Waals surface area contributed by atoms with Crippen LogP contribution in [0.15, 0.2) is 0 Å². The molecule has 0 aromatic heterocycles. The first-order valence-electron chi connectivity index (χ1n) is 7.02. The van der Waals surface area contributed by atoms with Gasteiger partial charge in [-0.25, -0.2) is 0 Å². The second-order valence-electron chi connectivity index (χ2n) is 4.08. The number of aliphatic carboxylic acids is 1. The first kappa shape index (κ1) is 23.9. The first-order valence-corrected chi connectivity index (χ1v) is 7.02. The van der Waals surface area contributed by atoms with Crippen LogP contribution in [-0.2, 0) is 14.3 Å². The van der Waals surface area contributed by atoms with Crippen LogP contribution < -0.4 is 0 Å². The highest BCUT2D eigenvalue weighted by Gasteiger charge is 2.13. The van der Waals surface area contributed by atoms with Crippen molar-refractivity contribution in [2.45, 2.75) is 53.0 Å². The molecule has 122 valence electrons. The molecular weight excluding hydrogens is 262 g/mol. The van der Waals surface area contributed by atoms with E-state index in [1.165, 1.54) is 33.0 Å². The highest BCUT2D eigenvalue weighted by atomic mass is 16.5. The van der Waals surface area contributed by atoms with E-state index in [0.717, 1.165) is 6.04 Å². The number of ether oxygens (including phenoxy) is 1. The smallest absolute Gasteiger partial charge is 0.305 e. The van der Waals surface area contributed by atoms with E-state index in [1.54, 1.807) is 0 Å². The lowest BCUT2D eigenvalue weighted by Crippen LogP contribution is -2.26. The zero-order chi connectivity index (χ0) is 16.4. The lowest BCUT2D eigenvalue weighted by molar-refractivity contribution is -0.138. The predicted octanol–water partition coefficient (Wildman–Crippen LogP) is 2.33. The van der Waals surface area contributed by atoms with Crippen molar-refractivity contribution in [1.82, 2.24) is 4.90 Å². The summed E-state index contributed by atoms with van der Waals surface area (Å²) in [5.41, 5.74) is 0. The van der Waals surface area contributed by atoms with Gasteiger partial charge in [0.15, 0.2) is 0 Å². The van der Waals surface area contributed by atoms with Crippen molar-refractivity contribution in [3.8, 4) is 0 Å². The number of rotatable bonds is 4. The predicted molar refractivity (Wildman–Crippen MR) is 80.1 cm³/mol. The maximum atomic E-state index is 9.68. The fourth-order valence-electron chi connectivity index (χ4n) is 1.45. The molecule has 0 unspecified atom stereocenters. The summed E-state index contributed by atoms with van der Waals surface area (Å²) in [5.74, 6) is -0.818. The van der Waals surface area contributed by atoms with Crippen LogP contribution in [0.25, 0.3) is 0 Å². The van der Waals surface area contributed by atoms with Crippen LogP contribution in [-0.4, -0.2) is 60.4 Å². The third-order valence-corrected chi connectivity index (χ3v) is 2.39. The van der Waals surface area contributed by atoms with Crippen LogP contribution >= 0.6 is 0 Å². The lowest BCUT2D eigenvalue weighted by Gasteiger charge is -2.18. The monoisotopic (exact) mass is 293 g/mol. The van der Waals surface area contributed by atoms with Crippen molar-refractivity contribution < 1.29 is 24.5 Å². The normalized spacial score (nSPS) is 13.1. The van der Waals surface area contributed by atoms with Crippen molar-refractivity contribution in [2.24, 2.45) is 0 Å². The molecule has 1 rings (SSSR count). The fraction of sp³-hybridized carbons (Fsp3) is 0.857. The number of carboxylic acids is 1. The number of hydrogen-bond acceptors (Lipinski definition) is 4. The minimum Gasteiger partial charge on any atom is -0.483 e. The Morgan fingerprint density at radius 2 is 1.70 bits per heavy atom. The van der Waals surface area contributed by atoms with Crippen molar-refractivity contribution in [1.29, 1.82) is 0 Å². The molecule has 1 fully saturated rings. The van der Waals surface area contributed by atoms with Gasteiger partial charge in [-0.2, -0.15) is 0 Å². The molecule has 0 aromatic rings. The van der Waals surface area contributed by atoms with E-state index in [1.807, 2.05) is 13.8 Å². The maximum absolute atomic E-state index is 9.68. The minimum atomic E-state index is -0.818. The molecular formula is C14H31NO5. The zero-order valence-corrected chi connectivity index (χ0v) is 13.5. The quantitative estimate of drug-likeness (QED) is 0.774. The second kappa shape index (κ2) is 20.2. The molecule has 1 aliphatic rings. The number of methoxy groups -OCH3 is 1. The minimum absolute atomic E-state index is 0.0938. The van der Waals surface area contributed by atoms with Gasteiger partial charge in [0.1, 0.15) is 0 Å². The molecule has 0 aliphatic carbocycles. The highest BCUT2D eigenvalue weighted by Crippen LogP contribution is 2.09. The average Bonchev–Trinajstić information content (AvgIpc) is 2.94. The van der Waals surface area contributed by atoms with Gasteiger partial charge in [-0.15, -0.1) is 0 Å². The van der Waals surface area contributed by atoms with Gasteiger partial charge in [-0.3, -0.25) is 9.59 Å². The van der Waals surface area contributed by atoms with Crippen LogP contribution in [0, 0.1) is 0 Å². The molecule has 1 aliphatic heterocycles. The van der Waals surface area contributed by atoms with E-state index in [2.05, 4.69) is 23.5 Å². The van der Waals surface area contributed by atoms with E-state index in [0.29, 0.717) is 6.61 Å². The molecule has 0 bridgehead atoms. The highest BCUT2D eigenvalue weighted by molar-refractivity contribution is 5.66. The molecule has 0 radical (unpaired) electrons. The SMILES string of the molecule is CC.CC(C)N1CCCC1.COCCC(=O)O.O=CO. The average molecular weight is 293 g/mol. The first-order chi connectivity index (χ1) is 9.49. The second-order valence-corrected chi connectivity index (χ2v) is 4.08. The molecule has 0 amide bonds. The van der Waals surface area contributed by atoms with Gasteiger partial charge in [-0.05, 0) is 39.8 Å². The molecule has 0 atom stereocenters. The van der Waals surface area contributed by atoms with Gasteiger partial charge in [-0.1, -0.05) is 13.8 Å². The Labute approximate surface area is 122 Å². The third-order valence-electron chi connectivity index (χ3n) is 2.39. The van der Waals surface area contributed by atoms with E-state index in [9.17, 15) is 4.79 Å². The van der Waals surface area contributed by atoms with Crippen molar-refractivity contribution >= 4 is 12.4 Å². The molecule has 20 heavy (non-hydrogen) atoms. The fourth-order valence-corrected chi connectivity index (χ4v) is 1.45. The number of carbonyl (C=O) groups is 2. The topological polar surface area (TPSA) is 87.1 Å². The van der Waals surface area contributed by atoms with Gasteiger partial charge in [0.05, 0.1) is 13.0 Å². The van der Waals surface area contributed by atoms with E-state index < -0.39 is 5.97 Å². The van der Waals surface area contributed by atoms with E-state index in [4.69, 9.17) is 15.0 Å². The molecule has 6 heteroatoms. The summed E-state index contributed by atoms with van der Waals surface area (Å²) in [6.45, 7) is 11.3. The summed E-state index contributed by atoms with van der Waals surface area (Å²) in [6.07, 6.45) is 2.92. The van der Waals surface area contributed by atoms with Crippen molar-refractivity contribution in [2.75, 3.05) is 26.8 Å². The third kappa shape index (κ3) is 22.1. The zero-order valence-electron chi connectivity index (χ0n) is 13.5. The van der Waals surface area contributed by atoms with Gasteiger partial charge in [0, 0.05) is 13.2 Å². The largest absolute Gasteiger partial charge is 0.483 e. The van der Waals surface area contributed by atoms with Crippen LogP contribution in [0.3, 0.4) is 0 Å². The molecule has 2 N–H and O–H groups in total. The molecule has 0 spiro atoms. The van der Waals surface area contributed by atoms with Crippen molar-refractivity contribution in [3.63, 3.8) is 0 Å². The molecule has 6 nitrogen and oxygen atoms in total. The Morgan fingerprint density at radius 1 is 1.30 bits per heavy atom. The Balaban J connectivity index is -0.000000221. The molecule has 0 saturated carbocycles. The number of nitrogens with zero attached hydrogens (tertiary/aromatic N) is 1. The standard InChI is InChI=1S/C7H15N.C4H8O3.C2H6.CH2O2/c1-7(2)8-5-3-4-6-8;1-7-3-2-4(5)6;1-2;2-1-3/h7H,3-6H2,1-2H3;2-3H2,1H3,(H,5,6);1-2H3;1H,(H,2,3). The summed E-state index contributed by atoms with van der Waals surface area (Å²) >= 11 is 0. The molecule has 0 aromatic carbocycles. The summed E-state index contributed by atoms with van der Waals surface area (Å²) in [5, 5.41) is 14.9. The van der Waals surface area contributed by atoms with Crippen LogP contribution in [0.1, 0.15) is 47.0 Å². The van der Waals surface area contributed by atoms with Crippen LogP contribution in [0.4, 0.5) is 0 Å². The summed E-state index contributed by atoms with van der Waals surface area (Å²) < 4.78 is 4.47. The van der Waals surface area contributed by atoms with Gasteiger partial charge in [0.2, 0.25) is 0 Å². The van der Waals surface area contributed by atoms with Gasteiger partial charge >= 0.3 is 5.97 Å². The number of likely N-dealkylation sites (tertiary alicyclic amines) is 1.